The maximum atomic E-state index is 12.4. The Hall–Kier alpha value is -2.68. The van der Waals surface area contributed by atoms with Crippen molar-refractivity contribution in [3.05, 3.63) is 66.4 Å². The van der Waals surface area contributed by atoms with Gasteiger partial charge < -0.3 is 4.90 Å². The molecule has 0 atom stereocenters. The molecule has 2 aromatic carbocycles. The number of carbonyl (C=O) groups excluding carboxylic acids is 1. The first-order valence-electron chi connectivity index (χ1n) is 11.5. The fourth-order valence-corrected chi connectivity index (χ4v) is 5.53. The van der Waals surface area contributed by atoms with Gasteiger partial charge in [-0.15, -0.1) is 0 Å². The number of hydrogen-bond donors (Lipinski definition) is 0. The summed E-state index contributed by atoms with van der Waals surface area (Å²) in [4.78, 5) is 19.1. The number of amides is 1. The number of pyridine rings is 1. The van der Waals surface area contributed by atoms with Crippen LogP contribution in [0.5, 0.6) is 0 Å². The van der Waals surface area contributed by atoms with Crippen molar-refractivity contribution in [3.8, 4) is 11.1 Å². The lowest BCUT2D eigenvalue weighted by atomic mass is 9.77. The minimum absolute atomic E-state index is 0.355. The predicted octanol–water partition coefficient (Wildman–Crippen LogP) is 5.58. The second kappa shape index (κ2) is 6.94. The summed E-state index contributed by atoms with van der Waals surface area (Å²) in [5, 5.41) is 1.19. The Kier molecular flexibility index (Phi) is 4.19. The van der Waals surface area contributed by atoms with Gasteiger partial charge in [0, 0.05) is 36.2 Å². The zero-order valence-electron chi connectivity index (χ0n) is 17.4. The summed E-state index contributed by atoms with van der Waals surface area (Å²) in [6.07, 6.45) is 9.13. The molecule has 2 saturated carbocycles. The summed E-state index contributed by atoms with van der Waals surface area (Å²) in [5.74, 6) is 1.49. The maximum Gasteiger partial charge on any atom is 0.225 e. The van der Waals surface area contributed by atoms with Gasteiger partial charge in [0.15, 0.2) is 0 Å². The van der Waals surface area contributed by atoms with E-state index in [0.29, 0.717) is 23.2 Å². The molecule has 0 unspecified atom stereocenters. The first kappa shape index (κ1) is 18.1. The number of piperidine rings is 1. The average Bonchev–Trinajstić information content (AvgIpc) is 3.72. The van der Waals surface area contributed by atoms with Gasteiger partial charge in [-0.3, -0.25) is 9.78 Å². The van der Waals surface area contributed by atoms with Crippen molar-refractivity contribution in [3.63, 3.8) is 0 Å². The van der Waals surface area contributed by atoms with Crippen molar-refractivity contribution in [2.75, 3.05) is 13.1 Å². The summed E-state index contributed by atoms with van der Waals surface area (Å²) in [6.45, 7) is 1.92. The number of fused-ring (bicyclic) bond motifs is 1. The molecular formula is C27H28N2O. The second-order valence-corrected chi connectivity index (χ2v) is 9.52. The zero-order chi connectivity index (χ0) is 20.1. The summed E-state index contributed by atoms with van der Waals surface area (Å²) in [7, 11) is 0. The van der Waals surface area contributed by atoms with Crippen LogP contribution < -0.4 is 0 Å². The molecule has 1 amide bonds. The number of nitrogens with zero attached hydrogens (tertiary/aromatic N) is 2. The Morgan fingerprint density at radius 1 is 0.900 bits per heavy atom. The van der Waals surface area contributed by atoms with Crippen LogP contribution in [0.1, 0.15) is 44.1 Å². The van der Waals surface area contributed by atoms with Gasteiger partial charge in [0.05, 0.1) is 5.52 Å². The monoisotopic (exact) mass is 396 g/mol. The molecule has 3 aromatic rings. The fraction of sp³-hybridized carbons (Fsp3) is 0.407. The lowest BCUT2D eigenvalue weighted by Crippen LogP contribution is -2.42. The minimum atomic E-state index is 0.355. The van der Waals surface area contributed by atoms with E-state index in [1.165, 1.54) is 34.9 Å². The number of benzene rings is 2. The van der Waals surface area contributed by atoms with Crippen LogP contribution >= 0.6 is 0 Å². The van der Waals surface area contributed by atoms with Gasteiger partial charge >= 0.3 is 0 Å². The summed E-state index contributed by atoms with van der Waals surface area (Å²) in [5.41, 5.74) is 5.30. The van der Waals surface area contributed by atoms with Crippen molar-refractivity contribution in [1.82, 2.24) is 9.88 Å². The molecule has 0 spiro atoms. The molecule has 1 aliphatic heterocycles. The molecule has 1 aromatic heterocycles. The third-order valence-corrected chi connectivity index (χ3v) is 7.69. The third-order valence-electron chi connectivity index (χ3n) is 7.69. The number of carbonyl (C=O) groups is 1. The van der Waals surface area contributed by atoms with Crippen molar-refractivity contribution in [2.24, 2.45) is 11.8 Å². The maximum absolute atomic E-state index is 12.4. The standard InChI is InChI=1S/C27H28N2O/c30-26(20-5-6-20)29-15-11-24(12-16-29)27(13-14-27)23-9-7-19(8-10-23)22-17-21-3-1-2-4-25(21)28-18-22/h1-4,7-10,17-18,20,24H,5-6,11-16H2. The van der Waals surface area contributed by atoms with E-state index in [2.05, 4.69) is 58.4 Å². The molecule has 30 heavy (non-hydrogen) atoms. The Morgan fingerprint density at radius 3 is 2.33 bits per heavy atom. The molecule has 0 N–H and O–H groups in total. The lowest BCUT2D eigenvalue weighted by Gasteiger charge is -2.37. The smallest absolute Gasteiger partial charge is 0.225 e. The molecule has 1 saturated heterocycles. The third kappa shape index (κ3) is 3.12. The van der Waals surface area contributed by atoms with Gasteiger partial charge in [-0.2, -0.15) is 0 Å². The lowest BCUT2D eigenvalue weighted by molar-refractivity contribution is -0.134. The molecule has 2 aliphatic carbocycles. The first-order valence-corrected chi connectivity index (χ1v) is 11.5. The summed E-state index contributed by atoms with van der Waals surface area (Å²) in [6, 6.07) is 19.7. The van der Waals surface area contributed by atoms with Gasteiger partial charge in [-0.05, 0) is 73.1 Å². The van der Waals surface area contributed by atoms with E-state index >= 15 is 0 Å². The molecule has 6 rings (SSSR count). The predicted molar refractivity (Wildman–Crippen MR) is 120 cm³/mol. The second-order valence-electron chi connectivity index (χ2n) is 9.52. The minimum Gasteiger partial charge on any atom is -0.342 e. The van der Waals surface area contributed by atoms with E-state index in [4.69, 9.17) is 0 Å². The normalized spacial score (nSPS) is 21.0. The number of aromatic nitrogens is 1. The molecule has 3 heteroatoms. The number of hydrogen-bond acceptors (Lipinski definition) is 2. The summed E-state index contributed by atoms with van der Waals surface area (Å²) < 4.78 is 0. The van der Waals surface area contributed by atoms with Crippen LogP contribution in [-0.4, -0.2) is 28.9 Å². The van der Waals surface area contributed by atoms with E-state index in [1.54, 1.807) is 0 Å². The van der Waals surface area contributed by atoms with Crippen LogP contribution in [0.25, 0.3) is 22.0 Å². The van der Waals surface area contributed by atoms with Crippen LogP contribution in [0.15, 0.2) is 60.8 Å². The van der Waals surface area contributed by atoms with Gasteiger partial charge in [0.1, 0.15) is 0 Å². The molecule has 3 nitrogen and oxygen atoms in total. The van der Waals surface area contributed by atoms with E-state index in [1.807, 2.05) is 12.3 Å². The zero-order valence-corrected chi connectivity index (χ0v) is 17.4. The Balaban J connectivity index is 1.19. The number of likely N-dealkylation sites (tertiary alicyclic amines) is 1. The molecule has 0 bridgehead atoms. The highest BCUT2D eigenvalue weighted by atomic mass is 16.2. The van der Waals surface area contributed by atoms with Gasteiger partial charge in [0.2, 0.25) is 5.91 Å². The number of rotatable bonds is 4. The van der Waals surface area contributed by atoms with Crippen molar-refractivity contribution < 1.29 is 4.79 Å². The molecule has 2 heterocycles. The largest absolute Gasteiger partial charge is 0.342 e. The van der Waals surface area contributed by atoms with Gasteiger partial charge in [-0.1, -0.05) is 42.5 Å². The highest BCUT2D eigenvalue weighted by Gasteiger charge is 2.51. The highest BCUT2D eigenvalue weighted by Crippen LogP contribution is 2.57. The first-order chi connectivity index (χ1) is 14.7. The van der Waals surface area contributed by atoms with E-state index in [-0.39, 0.29) is 0 Å². The molecule has 3 fully saturated rings. The Bertz CT molecular complexity index is 1090. The highest BCUT2D eigenvalue weighted by molar-refractivity contribution is 5.83. The summed E-state index contributed by atoms with van der Waals surface area (Å²) >= 11 is 0. The molecule has 3 aliphatic rings. The van der Waals surface area contributed by atoms with Crippen LogP contribution in [0.2, 0.25) is 0 Å². The molecular weight excluding hydrogens is 368 g/mol. The average molecular weight is 397 g/mol. The van der Waals surface area contributed by atoms with E-state index in [0.717, 1.165) is 44.3 Å². The van der Waals surface area contributed by atoms with Crippen LogP contribution in [0, 0.1) is 11.8 Å². The van der Waals surface area contributed by atoms with Crippen molar-refractivity contribution in [1.29, 1.82) is 0 Å². The van der Waals surface area contributed by atoms with Crippen molar-refractivity contribution in [2.45, 2.75) is 43.9 Å². The number of para-hydroxylation sites is 1. The van der Waals surface area contributed by atoms with Gasteiger partial charge in [-0.25, -0.2) is 0 Å². The van der Waals surface area contributed by atoms with Crippen LogP contribution in [0.4, 0.5) is 0 Å². The van der Waals surface area contributed by atoms with E-state index < -0.39 is 0 Å². The van der Waals surface area contributed by atoms with E-state index in [9.17, 15) is 4.79 Å². The van der Waals surface area contributed by atoms with Crippen molar-refractivity contribution >= 4 is 16.8 Å². The van der Waals surface area contributed by atoms with Crippen LogP contribution in [-0.2, 0) is 10.2 Å². The quantitative estimate of drug-likeness (QED) is 0.577. The Morgan fingerprint density at radius 2 is 1.63 bits per heavy atom. The Labute approximate surface area is 178 Å². The SMILES string of the molecule is O=C(C1CC1)N1CCC(C2(c3ccc(-c4cnc5ccccc5c4)cc3)CC2)CC1. The molecule has 152 valence electrons. The van der Waals surface area contributed by atoms with Crippen LogP contribution in [0.3, 0.4) is 0 Å². The molecule has 0 radical (unpaired) electrons. The van der Waals surface area contributed by atoms with Gasteiger partial charge in [0.25, 0.3) is 0 Å². The fourth-order valence-electron chi connectivity index (χ4n) is 5.53. The topological polar surface area (TPSA) is 33.2 Å².